The summed E-state index contributed by atoms with van der Waals surface area (Å²) in [5.41, 5.74) is 0.383. The Hall–Kier alpha value is -1.69. The Bertz CT molecular complexity index is 500. The molecule has 0 bridgehead atoms. The summed E-state index contributed by atoms with van der Waals surface area (Å²) in [6, 6.07) is 1.40. The second-order valence-corrected chi connectivity index (χ2v) is 5.49. The molecule has 1 atom stereocenters. The lowest BCUT2D eigenvalue weighted by Crippen LogP contribution is -2.33. The van der Waals surface area contributed by atoms with Gasteiger partial charge in [-0.05, 0) is 38.8 Å². The van der Waals surface area contributed by atoms with E-state index in [1.807, 2.05) is 0 Å². The third kappa shape index (κ3) is 4.77. The number of carbonyl (C=O) groups excluding carboxylic acids is 1. The van der Waals surface area contributed by atoms with E-state index in [4.69, 9.17) is 0 Å². The van der Waals surface area contributed by atoms with Crippen LogP contribution in [-0.4, -0.2) is 40.9 Å². The van der Waals surface area contributed by atoms with E-state index in [1.54, 1.807) is 0 Å². The van der Waals surface area contributed by atoms with Crippen LogP contribution in [0.1, 0.15) is 31.4 Å². The van der Waals surface area contributed by atoms with E-state index >= 15 is 0 Å². The average Bonchev–Trinajstić information content (AvgIpc) is 2.43. The number of amides is 1. The van der Waals surface area contributed by atoms with Crippen molar-refractivity contribution in [3.05, 3.63) is 28.4 Å². The van der Waals surface area contributed by atoms with Crippen LogP contribution in [0.15, 0.2) is 17.2 Å². The third-order valence-corrected chi connectivity index (χ3v) is 3.70. The molecule has 6 nitrogen and oxygen atoms in total. The van der Waals surface area contributed by atoms with Crippen molar-refractivity contribution in [3.63, 3.8) is 0 Å². The molecule has 0 aromatic carbocycles. The molecule has 1 aromatic rings. The van der Waals surface area contributed by atoms with Crippen molar-refractivity contribution in [1.82, 2.24) is 20.2 Å². The fraction of sp³-hybridized carbons (Fsp3) is 0.643. The molecule has 1 amide bonds. The zero-order valence-electron chi connectivity index (χ0n) is 11.9. The first-order chi connectivity index (χ1) is 9.63. The number of nitrogens with zero attached hydrogens (tertiary/aromatic N) is 2. The van der Waals surface area contributed by atoms with Crippen molar-refractivity contribution in [2.24, 2.45) is 5.92 Å². The maximum atomic E-state index is 11.8. The summed E-state index contributed by atoms with van der Waals surface area (Å²) >= 11 is 0. The predicted molar refractivity (Wildman–Crippen MR) is 76.2 cm³/mol. The smallest absolute Gasteiger partial charge is 0.250 e. The van der Waals surface area contributed by atoms with Gasteiger partial charge >= 0.3 is 0 Å². The molecule has 2 heterocycles. The van der Waals surface area contributed by atoms with Gasteiger partial charge in [0, 0.05) is 19.0 Å². The molecule has 0 aliphatic carbocycles. The Morgan fingerprint density at radius 3 is 3.20 bits per heavy atom. The number of aromatic nitrogens is 2. The molecule has 110 valence electrons. The summed E-state index contributed by atoms with van der Waals surface area (Å²) in [4.78, 5) is 31.6. The Balaban J connectivity index is 1.69. The lowest BCUT2D eigenvalue weighted by molar-refractivity contribution is -0.121. The molecular weight excluding hydrogens is 256 g/mol. The van der Waals surface area contributed by atoms with Gasteiger partial charge in [-0.1, -0.05) is 0 Å². The van der Waals surface area contributed by atoms with Crippen molar-refractivity contribution >= 4 is 5.91 Å². The molecular formula is C14H22N4O2. The van der Waals surface area contributed by atoms with E-state index in [1.165, 1.54) is 25.2 Å². The number of likely N-dealkylation sites (tertiary alicyclic amines) is 1. The maximum absolute atomic E-state index is 11.8. The number of nitrogens with one attached hydrogen (secondary N) is 2. The first kappa shape index (κ1) is 14.7. The van der Waals surface area contributed by atoms with Crippen LogP contribution in [0, 0.1) is 5.92 Å². The Morgan fingerprint density at radius 2 is 2.45 bits per heavy atom. The molecule has 1 saturated heterocycles. The fourth-order valence-corrected chi connectivity index (χ4v) is 2.63. The van der Waals surface area contributed by atoms with Gasteiger partial charge in [0.1, 0.15) is 0 Å². The van der Waals surface area contributed by atoms with Crippen LogP contribution in [0.4, 0.5) is 0 Å². The number of rotatable bonds is 5. The minimum absolute atomic E-state index is 0.0281. The number of carbonyl (C=O) groups is 1. The van der Waals surface area contributed by atoms with Gasteiger partial charge in [0.2, 0.25) is 5.91 Å². The lowest BCUT2D eigenvalue weighted by atomic mass is 9.93. The van der Waals surface area contributed by atoms with Crippen LogP contribution in [0.2, 0.25) is 0 Å². The van der Waals surface area contributed by atoms with E-state index < -0.39 is 0 Å². The fourth-order valence-electron chi connectivity index (χ4n) is 2.63. The van der Waals surface area contributed by atoms with Crippen molar-refractivity contribution < 1.29 is 4.79 Å². The normalized spacial score (nSPS) is 19.8. The summed E-state index contributed by atoms with van der Waals surface area (Å²) in [7, 11) is 2.13. The van der Waals surface area contributed by atoms with E-state index in [-0.39, 0.29) is 11.5 Å². The number of aromatic amines is 1. The molecule has 0 saturated carbocycles. The monoisotopic (exact) mass is 278 g/mol. The Kier molecular flexibility index (Phi) is 5.29. The summed E-state index contributed by atoms with van der Waals surface area (Å²) in [5.74, 6) is 0.650. The van der Waals surface area contributed by atoms with Gasteiger partial charge in [-0.15, -0.1) is 0 Å². The summed E-state index contributed by atoms with van der Waals surface area (Å²) in [6.45, 7) is 2.56. The first-order valence-corrected chi connectivity index (χ1v) is 7.12. The van der Waals surface area contributed by atoms with Gasteiger partial charge in [-0.3, -0.25) is 9.59 Å². The second kappa shape index (κ2) is 7.19. The van der Waals surface area contributed by atoms with Crippen LogP contribution in [0.5, 0.6) is 0 Å². The van der Waals surface area contributed by atoms with Crippen molar-refractivity contribution in [3.8, 4) is 0 Å². The van der Waals surface area contributed by atoms with Crippen LogP contribution in [-0.2, 0) is 11.3 Å². The molecule has 1 aliphatic rings. The third-order valence-electron chi connectivity index (χ3n) is 3.70. The largest absolute Gasteiger partial charge is 0.350 e. The second-order valence-electron chi connectivity index (χ2n) is 5.49. The van der Waals surface area contributed by atoms with Gasteiger partial charge in [-0.25, -0.2) is 4.98 Å². The summed E-state index contributed by atoms with van der Waals surface area (Å²) in [6.07, 6.45) is 5.26. The number of piperidine rings is 1. The zero-order chi connectivity index (χ0) is 14.4. The molecule has 0 radical (unpaired) electrons. The van der Waals surface area contributed by atoms with Gasteiger partial charge in [0.15, 0.2) is 0 Å². The molecule has 0 spiro atoms. The standard InChI is InChI=1S/C14H22N4O2/c1-18-6-2-3-11(9-18)4-5-13(19)15-8-12-7-14(20)17-10-16-12/h7,10-11H,2-6,8-9H2,1H3,(H,15,19)(H,16,17,20)/t11-/m1/s1. The first-order valence-electron chi connectivity index (χ1n) is 7.12. The molecule has 2 N–H and O–H groups in total. The molecule has 6 heteroatoms. The van der Waals surface area contributed by atoms with Gasteiger partial charge < -0.3 is 15.2 Å². The highest BCUT2D eigenvalue weighted by molar-refractivity contribution is 5.75. The lowest BCUT2D eigenvalue weighted by Gasteiger charge is -2.29. The highest BCUT2D eigenvalue weighted by atomic mass is 16.1. The van der Waals surface area contributed by atoms with E-state index in [2.05, 4.69) is 27.2 Å². The van der Waals surface area contributed by atoms with Crippen molar-refractivity contribution in [1.29, 1.82) is 0 Å². The Morgan fingerprint density at radius 1 is 1.60 bits per heavy atom. The van der Waals surface area contributed by atoms with Crippen LogP contribution in [0.25, 0.3) is 0 Å². The van der Waals surface area contributed by atoms with Crippen LogP contribution >= 0.6 is 0 Å². The highest BCUT2D eigenvalue weighted by Gasteiger charge is 2.17. The zero-order valence-corrected chi connectivity index (χ0v) is 11.9. The van der Waals surface area contributed by atoms with Gasteiger partial charge in [0.25, 0.3) is 5.56 Å². The van der Waals surface area contributed by atoms with E-state index in [0.29, 0.717) is 24.6 Å². The quantitative estimate of drug-likeness (QED) is 0.822. The van der Waals surface area contributed by atoms with Crippen molar-refractivity contribution in [2.45, 2.75) is 32.2 Å². The molecule has 1 aromatic heterocycles. The van der Waals surface area contributed by atoms with Gasteiger partial charge in [-0.2, -0.15) is 0 Å². The number of hydrogen-bond donors (Lipinski definition) is 2. The van der Waals surface area contributed by atoms with Crippen LogP contribution < -0.4 is 10.9 Å². The number of H-pyrrole nitrogens is 1. The summed E-state index contributed by atoms with van der Waals surface area (Å²) in [5, 5.41) is 2.81. The topological polar surface area (TPSA) is 78.1 Å². The molecule has 2 rings (SSSR count). The average molecular weight is 278 g/mol. The summed E-state index contributed by atoms with van der Waals surface area (Å²) < 4.78 is 0. The molecule has 1 fully saturated rings. The maximum Gasteiger partial charge on any atom is 0.250 e. The van der Waals surface area contributed by atoms with Gasteiger partial charge in [0.05, 0.1) is 18.6 Å². The van der Waals surface area contributed by atoms with Crippen molar-refractivity contribution in [2.75, 3.05) is 20.1 Å². The minimum Gasteiger partial charge on any atom is -0.350 e. The van der Waals surface area contributed by atoms with E-state index in [0.717, 1.165) is 19.5 Å². The molecule has 0 unspecified atom stereocenters. The highest BCUT2D eigenvalue weighted by Crippen LogP contribution is 2.19. The minimum atomic E-state index is -0.200. The molecule has 20 heavy (non-hydrogen) atoms. The SMILES string of the molecule is CN1CCC[C@H](CCC(=O)NCc2cc(=O)[nH]cn2)C1. The predicted octanol–water partition coefficient (Wildman–Crippen LogP) is 0.508. The van der Waals surface area contributed by atoms with E-state index in [9.17, 15) is 9.59 Å². The molecule has 1 aliphatic heterocycles. The van der Waals surface area contributed by atoms with Crippen LogP contribution in [0.3, 0.4) is 0 Å². The number of hydrogen-bond acceptors (Lipinski definition) is 4. The Labute approximate surface area is 118 Å².